The minimum absolute atomic E-state index is 0. The predicted octanol–water partition coefficient (Wildman–Crippen LogP) is 3.18. The molecule has 0 amide bonds. The second kappa shape index (κ2) is 12.8. The van der Waals surface area contributed by atoms with E-state index < -0.39 is 87.6 Å². The highest BCUT2D eigenvalue weighted by Crippen LogP contribution is 2.52. The van der Waals surface area contributed by atoms with Crippen LogP contribution < -0.4 is 5.32 Å². The molecule has 3 aliphatic rings. The second-order valence-electron chi connectivity index (χ2n) is 12.0. The second-order valence-corrected chi connectivity index (χ2v) is 12.0. The molecule has 1 heterocycles. The SMILES string of the molecule is CC(=O)[C@]1(O)Cc2c(O)c3c(c(O)c2[C@@H](O[C@H]2C[C@H](NCc4ccc([N+](=O)[O-])cc4)[C@H](O)[C@H](C)O2)C1)C(=O)c1ccccc1C3=O.Cl. The number of carbonyl (C=O) groups excluding carboxylic acids is 3. The van der Waals surface area contributed by atoms with Crippen molar-refractivity contribution >= 4 is 35.4 Å². The number of carbonyl (C=O) groups is 3. The largest absolute Gasteiger partial charge is 0.507 e. The van der Waals surface area contributed by atoms with Gasteiger partial charge in [-0.3, -0.25) is 24.5 Å². The molecule has 3 aromatic carbocycles. The standard InChI is InChI=1S/C33H32N2O11.ClH/c1-15-28(37)22(34-14-17-7-9-18(10-8-17)35(43)44)11-24(45-15)46-23-13-33(42,16(2)36)12-21-25(23)32(41)27-26(31(21)40)29(38)19-5-3-4-6-20(19)30(27)39;/h3-10,15,22-24,28,34,37,40-42H,11-14H2,1-2H3;1H/t15-,22-,23-,24-,28+,33-;/m0./s1. The zero-order valence-corrected chi connectivity index (χ0v) is 26.2. The molecule has 6 rings (SSSR count). The van der Waals surface area contributed by atoms with Gasteiger partial charge in [0.2, 0.25) is 0 Å². The number of nitrogens with one attached hydrogen (secondary N) is 1. The summed E-state index contributed by atoms with van der Waals surface area (Å²) in [6.45, 7) is 3.06. The van der Waals surface area contributed by atoms with Crippen LogP contribution in [0.2, 0.25) is 0 Å². The van der Waals surface area contributed by atoms with Crippen LogP contribution in [0.4, 0.5) is 5.69 Å². The van der Waals surface area contributed by atoms with Crippen molar-refractivity contribution in [2.24, 2.45) is 0 Å². The fourth-order valence-corrected chi connectivity index (χ4v) is 6.58. The molecular weight excluding hydrogens is 636 g/mol. The van der Waals surface area contributed by atoms with Gasteiger partial charge in [0, 0.05) is 66.2 Å². The lowest BCUT2D eigenvalue weighted by atomic mass is 9.72. The molecule has 1 aliphatic heterocycles. The van der Waals surface area contributed by atoms with E-state index in [0.29, 0.717) is 0 Å². The van der Waals surface area contributed by atoms with Gasteiger partial charge in [-0.15, -0.1) is 12.4 Å². The number of ketones is 3. The van der Waals surface area contributed by atoms with Crippen molar-refractivity contribution in [3.63, 3.8) is 0 Å². The number of phenolic OH excluding ortho intramolecular Hbond substituents is 2. The van der Waals surface area contributed by atoms with E-state index in [1.165, 1.54) is 31.2 Å². The number of Topliss-reactive ketones (excluding diaryl/α,β-unsaturated/α-hetero) is 1. The predicted molar refractivity (Wildman–Crippen MR) is 167 cm³/mol. The highest BCUT2D eigenvalue weighted by molar-refractivity contribution is 6.30. The maximum Gasteiger partial charge on any atom is 0.269 e. The van der Waals surface area contributed by atoms with E-state index in [0.717, 1.165) is 5.56 Å². The van der Waals surface area contributed by atoms with Crippen LogP contribution in [0.15, 0.2) is 48.5 Å². The minimum atomic E-state index is -2.04. The van der Waals surface area contributed by atoms with E-state index in [-0.39, 0.29) is 59.7 Å². The third-order valence-corrected chi connectivity index (χ3v) is 9.17. The highest BCUT2D eigenvalue weighted by Gasteiger charge is 2.49. The number of aliphatic hydroxyl groups is 2. The van der Waals surface area contributed by atoms with Crippen LogP contribution in [0.3, 0.4) is 0 Å². The molecule has 248 valence electrons. The summed E-state index contributed by atoms with van der Waals surface area (Å²) in [7, 11) is 0. The molecule has 0 radical (unpaired) electrons. The highest BCUT2D eigenvalue weighted by atomic mass is 35.5. The summed E-state index contributed by atoms with van der Waals surface area (Å²) in [5, 5.41) is 59.4. The first kappa shape index (κ1) is 34.1. The first-order valence-corrected chi connectivity index (χ1v) is 14.8. The van der Waals surface area contributed by atoms with Crippen LogP contribution in [0, 0.1) is 10.1 Å². The number of ether oxygens (including phenoxy) is 2. The number of halogens is 1. The lowest BCUT2D eigenvalue weighted by Gasteiger charge is -2.43. The van der Waals surface area contributed by atoms with Crippen molar-refractivity contribution in [2.45, 2.75) is 75.9 Å². The van der Waals surface area contributed by atoms with Crippen molar-refractivity contribution in [3.05, 3.63) is 97.6 Å². The Morgan fingerprint density at radius 2 is 1.66 bits per heavy atom. The zero-order valence-electron chi connectivity index (χ0n) is 25.3. The average Bonchev–Trinajstić information content (AvgIpc) is 3.02. The molecule has 47 heavy (non-hydrogen) atoms. The molecule has 0 unspecified atom stereocenters. The van der Waals surface area contributed by atoms with Crippen LogP contribution >= 0.6 is 12.4 Å². The van der Waals surface area contributed by atoms with E-state index in [9.17, 15) is 44.9 Å². The number of aliphatic hydroxyl groups excluding tert-OH is 1. The van der Waals surface area contributed by atoms with Crippen LogP contribution in [-0.4, -0.2) is 72.8 Å². The van der Waals surface area contributed by atoms with E-state index in [1.54, 1.807) is 31.2 Å². The fourth-order valence-electron chi connectivity index (χ4n) is 6.58. The Labute approximate surface area is 274 Å². The molecule has 3 aromatic rings. The third kappa shape index (κ3) is 5.90. The van der Waals surface area contributed by atoms with Crippen molar-refractivity contribution in [1.29, 1.82) is 0 Å². The van der Waals surface area contributed by atoms with E-state index in [1.807, 2.05) is 0 Å². The van der Waals surface area contributed by atoms with E-state index >= 15 is 0 Å². The van der Waals surface area contributed by atoms with Crippen molar-refractivity contribution in [2.75, 3.05) is 0 Å². The van der Waals surface area contributed by atoms with E-state index in [2.05, 4.69) is 5.32 Å². The molecule has 0 spiro atoms. The number of phenols is 2. The molecule has 6 atom stereocenters. The van der Waals surface area contributed by atoms with Crippen molar-refractivity contribution in [1.82, 2.24) is 5.32 Å². The van der Waals surface area contributed by atoms with Crippen molar-refractivity contribution in [3.8, 4) is 11.5 Å². The summed E-state index contributed by atoms with van der Waals surface area (Å²) in [6.07, 6.45) is -4.74. The van der Waals surface area contributed by atoms with Gasteiger partial charge in [-0.1, -0.05) is 36.4 Å². The number of nitro benzene ring substituents is 1. The molecule has 1 fully saturated rings. The quantitative estimate of drug-likeness (QED) is 0.109. The summed E-state index contributed by atoms with van der Waals surface area (Å²) in [6, 6.07) is 11.4. The first-order chi connectivity index (χ1) is 21.8. The number of hydrogen-bond acceptors (Lipinski definition) is 12. The zero-order chi connectivity index (χ0) is 33.1. The molecule has 0 aromatic heterocycles. The van der Waals surface area contributed by atoms with Crippen molar-refractivity contribution < 1.29 is 49.2 Å². The Morgan fingerprint density at radius 3 is 2.23 bits per heavy atom. The van der Waals surface area contributed by atoms with Gasteiger partial charge in [0.1, 0.15) is 17.1 Å². The summed E-state index contributed by atoms with van der Waals surface area (Å²) in [5.74, 6) is -3.21. The lowest BCUT2D eigenvalue weighted by molar-refractivity contribution is -0.384. The number of nitrogens with zero attached hydrogens (tertiary/aromatic N) is 1. The average molecular weight is 669 g/mol. The molecule has 14 heteroatoms. The molecule has 1 saturated heterocycles. The fraction of sp³-hybridized carbons (Fsp3) is 0.364. The first-order valence-electron chi connectivity index (χ1n) is 14.8. The normalized spacial score (nSPS) is 26.4. The van der Waals surface area contributed by atoms with Gasteiger partial charge in [-0.25, -0.2) is 0 Å². The Balaban J connectivity index is 0.00000433. The molecule has 5 N–H and O–H groups in total. The smallest absolute Gasteiger partial charge is 0.269 e. The van der Waals surface area contributed by atoms with Crippen LogP contribution in [-0.2, 0) is 27.2 Å². The Kier molecular flexibility index (Phi) is 9.25. The number of hydrogen-bond donors (Lipinski definition) is 5. The number of fused-ring (bicyclic) bond motifs is 3. The van der Waals surface area contributed by atoms with Gasteiger partial charge in [0.15, 0.2) is 23.6 Å². The molecule has 13 nitrogen and oxygen atoms in total. The van der Waals surface area contributed by atoms with Crippen LogP contribution in [0.5, 0.6) is 11.5 Å². The van der Waals surface area contributed by atoms with Crippen LogP contribution in [0.1, 0.15) is 81.3 Å². The Hall–Kier alpha value is -4.24. The maximum atomic E-state index is 13.5. The molecule has 2 aliphatic carbocycles. The number of rotatable bonds is 7. The number of non-ortho nitro benzene ring substituents is 1. The van der Waals surface area contributed by atoms with Gasteiger partial charge in [0.05, 0.1) is 34.4 Å². The maximum absolute atomic E-state index is 13.5. The molecular formula is C33H33ClN2O11. The summed E-state index contributed by atoms with van der Waals surface area (Å²) in [4.78, 5) is 50.2. The Morgan fingerprint density at radius 1 is 1.06 bits per heavy atom. The summed E-state index contributed by atoms with van der Waals surface area (Å²) >= 11 is 0. The van der Waals surface area contributed by atoms with Crippen LogP contribution in [0.25, 0.3) is 0 Å². The monoisotopic (exact) mass is 668 g/mol. The van der Waals surface area contributed by atoms with Gasteiger partial charge in [-0.05, 0) is 19.4 Å². The molecule has 0 saturated carbocycles. The number of benzene rings is 3. The summed E-state index contributed by atoms with van der Waals surface area (Å²) in [5.41, 5.74) is -2.19. The Bertz CT molecular complexity index is 1780. The minimum Gasteiger partial charge on any atom is -0.507 e. The molecule has 0 bridgehead atoms. The van der Waals surface area contributed by atoms with Gasteiger partial charge >= 0.3 is 0 Å². The number of nitro groups is 1. The van der Waals surface area contributed by atoms with Gasteiger partial charge in [-0.2, -0.15) is 0 Å². The topological polar surface area (TPSA) is 206 Å². The number of aromatic hydroxyl groups is 2. The van der Waals surface area contributed by atoms with Gasteiger partial charge in [0.25, 0.3) is 5.69 Å². The third-order valence-electron chi connectivity index (χ3n) is 9.17. The summed E-state index contributed by atoms with van der Waals surface area (Å²) < 4.78 is 12.2. The lowest BCUT2D eigenvalue weighted by Crippen LogP contribution is -2.54. The van der Waals surface area contributed by atoms with Gasteiger partial charge < -0.3 is 35.2 Å². The van der Waals surface area contributed by atoms with E-state index in [4.69, 9.17) is 9.47 Å².